The standard InChI is InChI=1S/C15H20O3/c1-9(2)12-8-11(14(16)17)7-10-5-6-15(3,4)18-13(10)12/h7-9H,5-6H2,1-4H3,(H,16,17). The molecule has 1 N–H and O–H groups in total. The van der Waals surface area contributed by atoms with E-state index in [4.69, 9.17) is 9.84 Å². The maximum Gasteiger partial charge on any atom is 0.335 e. The molecule has 1 aromatic rings. The van der Waals surface area contributed by atoms with Gasteiger partial charge in [0.25, 0.3) is 0 Å². The number of carbonyl (C=O) groups is 1. The average Bonchev–Trinajstić information content (AvgIpc) is 2.26. The van der Waals surface area contributed by atoms with E-state index in [2.05, 4.69) is 27.7 Å². The molecule has 1 aromatic carbocycles. The molecule has 2 rings (SSSR count). The Kier molecular flexibility index (Phi) is 3.09. The third kappa shape index (κ3) is 2.35. The van der Waals surface area contributed by atoms with Crippen LogP contribution in [0.3, 0.4) is 0 Å². The van der Waals surface area contributed by atoms with Gasteiger partial charge in [-0.3, -0.25) is 0 Å². The van der Waals surface area contributed by atoms with E-state index in [1.807, 2.05) is 0 Å². The lowest BCUT2D eigenvalue weighted by atomic mass is 9.88. The average molecular weight is 248 g/mol. The summed E-state index contributed by atoms with van der Waals surface area (Å²) in [6.07, 6.45) is 1.80. The Morgan fingerprint density at radius 3 is 2.61 bits per heavy atom. The SMILES string of the molecule is CC(C)c1cc(C(=O)O)cc2c1OC(C)(C)CC2. The van der Waals surface area contributed by atoms with Gasteiger partial charge in [-0.05, 0) is 55.9 Å². The van der Waals surface area contributed by atoms with E-state index in [1.54, 1.807) is 12.1 Å². The van der Waals surface area contributed by atoms with E-state index < -0.39 is 5.97 Å². The van der Waals surface area contributed by atoms with Crippen LogP contribution in [0.25, 0.3) is 0 Å². The number of aromatic carboxylic acids is 1. The van der Waals surface area contributed by atoms with Gasteiger partial charge in [0, 0.05) is 0 Å². The molecule has 0 radical (unpaired) electrons. The minimum Gasteiger partial charge on any atom is -0.487 e. The Balaban J connectivity index is 2.56. The van der Waals surface area contributed by atoms with Crippen LogP contribution in [0.2, 0.25) is 0 Å². The van der Waals surface area contributed by atoms with E-state index in [0.717, 1.165) is 29.7 Å². The molecule has 1 heterocycles. The predicted molar refractivity (Wildman–Crippen MR) is 70.5 cm³/mol. The molecule has 0 amide bonds. The molecule has 0 bridgehead atoms. The summed E-state index contributed by atoms with van der Waals surface area (Å²) in [7, 11) is 0. The third-order valence-corrected chi connectivity index (χ3v) is 3.44. The number of hydrogen-bond acceptors (Lipinski definition) is 2. The molecule has 0 unspecified atom stereocenters. The van der Waals surface area contributed by atoms with Crippen molar-refractivity contribution in [1.29, 1.82) is 0 Å². The highest BCUT2D eigenvalue weighted by Gasteiger charge is 2.29. The highest BCUT2D eigenvalue weighted by molar-refractivity contribution is 5.88. The second-order valence-electron chi connectivity index (χ2n) is 5.88. The Hall–Kier alpha value is -1.51. The van der Waals surface area contributed by atoms with Gasteiger partial charge in [-0.25, -0.2) is 4.79 Å². The van der Waals surface area contributed by atoms with Crippen molar-refractivity contribution in [2.24, 2.45) is 0 Å². The van der Waals surface area contributed by atoms with Crippen LogP contribution in [0.15, 0.2) is 12.1 Å². The lowest BCUT2D eigenvalue weighted by molar-refractivity contribution is 0.0694. The number of fused-ring (bicyclic) bond motifs is 1. The lowest BCUT2D eigenvalue weighted by Crippen LogP contribution is -2.33. The van der Waals surface area contributed by atoms with Crippen molar-refractivity contribution in [2.75, 3.05) is 0 Å². The van der Waals surface area contributed by atoms with Crippen LogP contribution in [0.4, 0.5) is 0 Å². The number of benzene rings is 1. The monoisotopic (exact) mass is 248 g/mol. The van der Waals surface area contributed by atoms with Crippen LogP contribution in [-0.4, -0.2) is 16.7 Å². The third-order valence-electron chi connectivity index (χ3n) is 3.44. The molecule has 0 fully saturated rings. The molecule has 0 aliphatic carbocycles. The lowest BCUT2D eigenvalue weighted by Gasteiger charge is -2.34. The van der Waals surface area contributed by atoms with Crippen LogP contribution in [0.5, 0.6) is 5.75 Å². The molecule has 0 aromatic heterocycles. The van der Waals surface area contributed by atoms with Crippen LogP contribution in [0, 0.1) is 0 Å². The molecule has 0 spiro atoms. The summed E-state index contributed by atoms with van der Waals surface area (Å²) in [6, 6.07) is 3.49. The Morgan fingerprint density at radius 2 is 2.06 bits per heavy atom. The fourth-order valence-corrected chi connectivity index (χ4v) is 2.34. The first-order valence-corrected chi connectivity index (χ1v) is 6.39. The first-order chi connectivity index (χ1) is 8.30. The normalized spacial score (nSPS) is 17.2. The van der Waals surface area contributed by atoms with Crippen molar-refractivity contribution in [1.82, 2.24) is 0 Å². The summed E-state index contributed by atoms with van der Waals surface area (Å²) in [5, 5.41) is 9.15. The molecular formula is C15H20O3. The highest BCUT2D eigenvalue weighted by Crippen LogP contribution is 2.39. The van der Waals surface area contributed by atoms with Crippen molar-refractivity contribution >= 4 is 5.97 Å². The molecule has 0 saturated heterocycles. The Morgan fingerprint density at radius 1 is 1.39 bits per heavy atom. The van der Waals surface area contributed by atoms with Gasteiger partial charge in [0.2, 0.25) is 0 Å². The minimum atomic E-state index is -0.871. The smallest absolute Gasteiger partial charge is 0.335 e. The molecule has 1 aliphatic rings. The zero-order chi connectivity index (χ0) is 13.5. The predicted octanol–water partition coefficient (Wildman–Crippen LogP) is 3.61. The number of ether oxygens (including phenoxy) is 1. The summed E-state index contributed by atoms with van der Waals surface area (Å²) < 4.78 is 6.05. The minimum absolute atomic E-state index is 0.165. The van der Waals surface area contributed by atoms with Crippen molar-refractivity contribution in [3.8, 4) is 5.75 Å². The summed E-state index contributed by atoms with van der Waals surface area (Å²) in [5.74, 6) is 0.280. The topological polar surface area (TPSA) is 46.5 Å². The van der Waals surface area contributed by atoms with Crippen molar-refractivity contribution in [2.45, 2.75) is 52.1 Å². The summed E-state index contributed by atoms with van der Waals surface area (Å²) in [4.78, 5) is 11.1. The Bertz CT molecular complexity index is 487. The van der Waals surface area contributed by atoms with Gasteiger partial charge >= 0.3 is 5.97 Å². The molecule has 18 heavy (non-hydrogen) atoms. The second kappa shape index (κ2) is 4.30. The van der Waals surface area contributed by atoms with Gasteiger partial charge in [0.05, 0.1) is 5.56 Å². The number of rotatable bonds is 2. The van der Waals surface area contributed by atoms with Crippen LogP contribution < -0.4 is 4.74 Å². The van der Waals surface area contributed by atoms with Gasteiger partial charge in [-0.1, -0.05) is 13.8 Å². The van der Waals surface area contributed by atoms with Crippen LogP contribution in [-0.2, 0) is 6.42 Å². The fourth-order valence-electron chi connectivity index (χ4n) is 2.34. The number of carboxylic acid groups (broad SMARTS) is 1. The maximum absolute atomic E-state index is 11.1. The molecule has 0 atom stereocenters. The number of aryl methyl sites for hydroxylation is 1. The molecule has 1 aliphatic heterocycles. The molecule has 0 saturated carbocycles. The van der Waals surface area contributed by atoms with Crippen molar-refractivity contribution in [3.05, 3.63) is 28.8 Å². The van der Waals surface area contributed by atoms with Gasteiger partial charge in [0.15, 0.2) is 0 Å². The van der Waals surface area contributed by atoms with E-state index in [1.165, 1.54) is 0 Å². The largest absolute Gasteiger partial charge is 0.487 e. The first kappa shape index (κ1) is 12.9. The number of hydrogen-bond donors (Lipinski definition) is 1. The highest BCUT2D eigenvalue weighted by atomic mass is 16.5. The van der Waals surface area contributed by atoms with E-state index in [0.29, 0.717) is 5.56 Å². The Labute approximate surface area is 108 Å². The second-order valence-corrected chi connectivity index (χ2v) is 5.88. The molecule has 3 heteroatoms. The van der Waals surface area contributed by atoms with Crippen molar-refractivity contribution in [3.63, 3.8) is 0 Å². The molecule has 98 valence electrons. The van der Waals surface area contributed by atoms with E-state index >= 15 is 0 Å². The molecular weight excluding hydrogens is 228 g/mol. The summed E-state index contributed by atoms with van der Waals surface area (Å²) in [5.41, 5.74) is 2.22. The number of carboxylic acids is 1. The van der Waals surface area contributed by atoms with Gasteiger partial charge < -0.3 is 9.84 Å². The fraction of sp³-hybridized carbons (Fsp3) is 0.533. The zero-order valence-corrected chi connectivity index (χ0v) is 11.4. The van der Waals surface area contributed by atoms with Crippen LogP contribution >= 0.6 is 0 Å². The summed E-state index contributed by atoms with van der Waals surface area (Å²) >= 11 is 0. The quantitative estimate of drug-likeness (QED) is 0.869. The van der Waals surface area contributed by atoms with Gasteiger partial charge in [-0.15, -0.1) is 0 Å². The van der Waals surface area contributed by atoms with Crippen molar-refractivity contribution < 1.29 is 14.6 Å². The first-order valence-electron chi connectivity index (χ1n) is 6.39. The van der Waals surface area contributed by atoms with Crippen LogP contribution in [0.1, 0.15) is 61.5 Å². The maximum atomic E-state index is 11.1. The van der Waals surface area contributed by atoms with E-state index in [9.17, 15) is 4.79 Å². The van der Waals surface area contributed by atoms with Gasteiger partial charge in [-0.2, -0.15) is 0 Å². The van der Waals surface area contributed by atoms with E-state index in [-0.39, 0.29) is 11.5 Å². The molecule has 3 nitrogen and oxygen atoms in total. The van der Waals surface area contributed by atoms with Gasteiger partial charge in [0.1, 0.15) is 11.4 Å². The summed E-state index contributed by atoms with van der Waals surface area (Å²) in [6.45, 7) is 8.27. The zero-order valence-electron chi connectivity index (χ0n) is 11.4.